The Kier molecular flexibility index (Phi) is 8.36. The van der Waals surface area contributed by atoms with Crippen LogP contribution >= 0.6 is 11.3 Å². The summed E-state index contributed by atoms with van der Waals surface area (Å²) in [6.07, 6.45) is 9.52. The van der Waals surface area contributed by atoms with E-state index >= 15 is 0 Å². The summed E-state index contributed by atoms with van der Waals surface area (Å²) < 4.78 is 14.5. The number of imidazole rings is 1. The summed E-state index contributed by atoms with van der Waals surface area (Å²) in [5.41, 5.74) is 2.48. The Morgan fingerprint density at radius 2 is 2.06 bits per heavy atom. The van der Waals surface area contributed by atoms with Crippen LogP contribution in [0.2, 0.25) is 0 Å². The highest BCUT2D eigenvalue weighted by atomic mass is 32.1. The number of benzene rings is 2. The monoisotopic (exact) mass is 492 g/mol. The van der Waals surface area contributed by atoms with Crippen molar-refractivity contribution in [3.05, 3.63) is 66.2 Å². The quantitative estimate of drug-likeness (QED) is 0.223. The zero-order valence-electron chi connectivity index (χ0n) is 20.6. The van der Waals surface area contributed by atoms with Crippen LogP contribution in [-0.2, 0) is 6.54 Å². The SMILES string of the molecule is CCCCCOc1cccc(C(=O)N(CCCn2ccnc2)c2nc3c(OC)ccc(C)c3s2)c1. The maximum absolute atomic E-state index is 13.8. The van der Waals surface area contributed by atoms with E-state index in [1.165, 1.54) is 11.3 Å². The van der Waals surface area contributed by atoms with E-state index in [0.29, 0.717) is 35.3 Å². The van der Waals surface area contributed by atoms with Crippen LogP contribution in [0.5, 0.6) is 11.5 Å². The number of aryl methyl sites for hydroxylation is 2. The van der Waals surface area contributed by atoms with Gasteiger partial charge in [-0.25, -0.2) is 9.97 Å². The van der Waals surface area contributed by atoms with Crippen LogP contribution in [0.3, 0.4) is 0 Å². The molecule has 2 aromatic heterocycles. The number of thiazole rings is 1. The Hall–Kier alpha value is -3.39. The highest BCUT2D eigenvalue weighted by molar-refractivity contribution is 7.22. The number of unbranched alkanes of at least 4 members (excludes halogenated alkanes) is 2. The maximum Gasteiger partial charge on any atom is 0.260 e. The van der Waals surface area contributed by atoms with Gasteiger partial charge in [-0.3, -0.25) is 9.69 Å². The van der Waals surface area contributed by atoms with Gasteiger partial charge in [0.15, 0.2) is 5.13 Å². The number of carbonyl (C=O) groups is 1. The average molecular weight is 493 g/mol. The second-order valence-corrected chi connectivity index (χ2v) is 9.43. The molecule has 2 heterocycles. The first kappa shape index (κ1) is 24.7. The molecule has 0 spiro atoms. The van der Waals surface area contributed by atoms with Gasteiger partial charge in [-0.05, 0) is 49.6 Å². The Labute approximate surface area is 210 Å². The first-order chi connectivity index (χ1) is 17.1. The number of anilines is 1. The minimum atomic E-state index is -0.0923. The van der Waals surface area contributed by atoms with Crippen molar-refractivity contribution < 1.29 is 14.3 Å². The van der Waals surface area contributed by atoms with Crippen molar-refractivity contribution in [1.82, 2.24) is 14.5 Å². The summed E-state index contributed by atoms with van der Waals surface area (Å²) in [4.78, 5) is 24.5. The van der Waals surface area contributed by atoms with Gasteiger partial charge in [-0.15, -0.1) is 0 Å². The lowest BCUT2D eigenvalue weighted by molar-refractivity contribution is 0.0986. The molecule has 0 aliphatic heterocycles. The fraction of sp³-hybridized carbons (Fsp3) is 0.370. The molecule has 0 aliphatic carbocycles. The molecule has 2 aromatic carbocycles. The third-order valence-corrected chi connectivity index (χ3v) is 7.06. The fourth-order valence-corrected chi connectivity index (χ4v) is 4.99. The highest BCUT2D eigenvalue weighted by Gasteiger charge is 2.23. The van der Waals surface area contributed by atoms with E-state index in [9.17, 15) is 4.79 Å². The molecule has 0 bridgehead atoms. The molecular formula is C27H32N4O3S. The normalized spacial score (nSPS) is 11.1. The Morgan fingerprint density at radius 1 is 1.17 bits per heavy atom. The molecule has 0 saturated carbocycles. The van der Waals surface area contributed by atoms with Crippen molar-refractivity contribution in [1.29, 1.82) is 0 Å². The third kappa shape index (κ3) is 6.00. The summed E-state index contributed by atoms with van der Waals surface area (Å²) in [7, 11) is 1.64. The van der Waals surface area contributed by atoms with E-state index in [1.807, 2.05) is 54.1 Å². The number of hydrogen-bond donors (Lipinski definition) is 0. The largest absolute Gasteiger partial charge is 0.494 e. The number of carbonyl (C=O) groups excluding carboxylic acids is 1. The van der Waals surface area contributed by atoms with Gasteiger partial charge in [-0.1, -0.05) is 43.2 Å². The van der Waals surface area contributed by atoms with Gasteiger partial charge in [0.1, 0.15) is 17.0 Å². The summed E-state index contributed by atoms with van der Waals surface area (Å²) in [5, 5.41) is 0.664. The number of hydrogen-bond acceptors (Lipinski definition) is 6. The van der Waals surface area contributed by atoms with Crippen LogP contribution in [0.25, 0.3) is 10.2 Å². The van der Waals surface area contributed by atoms with Gasteiger partial charge < -0.3 is 14.0 Å². The highest BCUT2D eigenvalue weighted by Crippen LogP contribution is 2.37. The van der Waals surface area contributed by atoms with Gasteiger partial charge in [0.25, 0.3) is 5.91 Å². The molecule has 35 heavy (non-hydrogen) atoms. The van der Waals surface area contributed by atoms with Crippen LogP contribution in [0, 0.1) is 6.92 Å². The van der Waals surface area contributed by atoms with Crippen LogP contribution in [0.15, 0.2) is 55.1 Å². The average Bonchev–Trinajstić information content (AvgIpc) is 3.56. The van der Waals surface area contributed by atoms with Crippen molar-refractivity contribution in [2.45, 2.75) is 46.1 Å². The number of ether oxygens (including phenoxy) is 2. The summed E-state index contributed by atoms with van der Waals surface area (Å²) in [5.74, 6) is 1.33. The van der Waals surface area contributed by atoms with Gasteiger partial charge >= 0.3 is 0 Å². The van der Waals surface area contributed by atoms with Gasteiger partial charge in [0, 0.05) is 31.0 Å². The van der Waals surface area contributed by atoms with E-state index in [0.717, 1.165) is 48.0 Å². The Balaban J connectivity index is 1.61. The number of methoxy groups -OCH3 is 1. The number of aromatic nitrogens is 3. The number of fused-ring (bicyclic) bond motifs is 1. The molecule has 0 fully saturated rings. The molecule has 0 N–H and O–H groups in total. The second kappa shape index (κ2) is 11.8. The molecule has 184 valence electrons. The summed E-state index contributed by atoms with van der Waals surface area (Å²) in [6, 6.07) is 11.4. The number of amides is 1. The Bertz CT molecular complexity index is 1250. The maximum atomic E-state index is 13.8. The minimum Gasteiger partial charge on any atom is -0.494 e. The summed E-state index contributed by atoms with van der Waals surface area (Å²) >= 11 is 1.52. The van der Waals surface area contributed by atoms with Crippen molar-refractivity contribution in [2.75, 3.05) is 25.2 Å². The van der Waals surface area contributed by atoms with Crippen molar-refractivity contribution in [3.8, 4) is 11.5 Å². The second-order valence-electron chi connectivity index (χ2n) is 8.45. The summed E-state index contributed by atoms with van der Waals surface area (Å²) in [6.45, 7) is 6.16. The molecule has 0 aliphatic rings. The molecule has 4 aromatic rings. The van der Waals surface area contributed by atoms with E-state index in [1.54, 1.807) is 24.5 Å². The molecule has 0 atom stereocenters. The number of rotatable bonds is 12. The first-order valence-electron chi connectivity index (χ1n) is 12.0. The molecule has 1 amide bonds. The minimum absolute atomic E-state index is 0.0923. The van der Waals surface area contributed by atoms with E-state index < -0.39 is 0 Å². The van der Waals surface area contributed by atoms with Crippen LogP contribution in [-0.4, -0.2) is 40.7 Å². The van der Waals surface area contributed by atoms with Crippen molar-refractivity contribution in [2.24, 2.45) is 0 Å². The third-order valence-electron chi connectivity index (χ3n) is 5.84. The van der Waals surface area contributed by atoms with Gasteiger partial charge in [0.05, 0.1) is 24.7 Å². The lowest BCUT2D eigenvalue weighted by Crippen LogP contribution is -2.32. The van der Waals surface area contributed by atoms with Crippen molar-refractivity contribution >= 4 is 32.6 Å². The zero-order chi connectivity index (χ0) is 24.6. The Morgan fingerprint density at radius 3 is 2.83 bits per heavy atom. The standard InChI is InChI=1S/C27H32N4O3S/c1-4-5-6-17-34-22-10-7-9-21(18-22)26(32)31(15-8-14-30-16-13-28-19-30)27-29-24-23(33-3)12-11-20(2)25(24)35-27/h7,9-13,16,18-19H,4-6,8,14-15,17H2,1-3H3. The number of nitrogens with zero attached hydrogens (tertiary/aromatic N) is 4. The van der Waals surface area contributed by atoms with Gasteiger partial charge in [0.2, 0.25) is 0 Å². The topological polar surface area (TPSA) is 69.5 Å². The van der Waals surface area contributed by atoms with E-state index in [4.69, 9.17) is 14.5 Å². The van der Waals surface area contributed by atoms with Crippen LogP contribution < -0.4 is 14.4 Å². The van der Waals surface area contributed by atoms with E-state index in [-0.39, 0.29) is 5.91 Å². The predicted molar refractivity (Wildman–Crippen MR) is 141 cm³/mol. The molecule has 0 radical (unpaired) electrons. The van der Waals surface area contributed by atoms with Crippen LogP contribution in [0.4, 0.5) is 5.13 Å². The predicted octanol–water partition coefficient (Wildman–Crippen LogP) is 6.12. The molecule has 7 nitrogen and oxygen atoms in total. The fourth-order valence-electron chi connectivity index (χ4n) is 3.91. The molecule has 8 heteroatoms. The smallest absolute Gasteiger partial charge is 0.260 e. The van der Waals surface area contributed by atoms with Gasteiger partial charge in [-0.2, -0.15) is 0 Å². The lowest BCUT2D eigenvalue weighted by Gasteiger charge is -2.20. The lowest BCUT2D eigenvalue weighted by atomic mass is 10.2. The molecular weight excluding hydrogens is 460 g/mol. The first-order valence-corrected chi connectivity index (χ1v) is 12.9. The van der Waals surface area contributed by atoms with Crippen LogP contribution in [0.1, 0.15) is 48.5 Å². The zero-order valence-corrected chi connectivity index (χ0v) is 21.4. The molecule has 0 saturated heterocycles. The van der Waals surface area contributed by atoms with Crippen molar-refractivity contribution in [3.63, 3.8) is 0 Å². The molecule has 4 rings (SSSR count). The van der Waals surface area contributed by atoms with E-state index in [2.05, 4.69) is 11.9 Å². The molecule has 0 unspecified atom stereocenters.